The first-order valence-electron chi connectivity index (χ1n) is 7.08. The van der Waals surface area contributed by atoms with Gasteiger partial charge in [0.1, 0.15) is 6.61 Å². The molecule has 6 heteroatoms. The van der Waals surface area contributed by atoms with Gasteiger partial charge in [-0.3, -0.25) is 0 Å². The molecule has 0 heterocycles. The number of alkyl carbamates (subject to hydrolysis) is 1. The molecule has 0 radical (unpaired) electrons. The Hall–Kier alpha value is -0.850. The van der Waals surface area contributed by atoms with Crippen LogP contribution in [-0.4, -0.2) is 58.8 Å². The van der Waals surface area contributed by atoms with Crippen LogP contribution in [-0.2, 0) is 14.2 Å². The lowest BCUT2D eigenvalue weighted by atomic mass is 10.5. The zero-order chi connectivity index (χ0) is 14.2. The molecular weight excluding hydrogens is 248 g/mol. The molecule has 0 aliphatic heterocycles. The first kappa shape index (κ1) is 18.1. The van der Waals surface area contributed by atoms with Crippen molar-refractivity contribution in [3.8, 4) is 0 Å². The van der Waals surface area contributed by atoms with Crippen LogP contribution in [0, 0.1) is 0 Å². The van der Waals surface area contributed by atoms with E-state index in [4.69, 9.17) is 14.2 Å². The third kappa shape index (κ3) is 15.1. The van der Waals surface area contributed by atoms with E-state index in [1.807, 2.05) is 6.92 Å². The van der Waals surface area contributed by atoms with Crippen LogP contribution in [0.3, 0.4) is 0 Å². The van der Waals surface area contributed by atoms with E-state index in [0.29, 0.717) is 33.0 Å². The van der Waals surface area contributed by atoms with Gasteiger partial charge in [-0.05, 0) is 19.4 Å². The Kier molecular flexibility index (Phi) is 14.5. The molecule has 0 spiro atoms. The predicted octanol–water partition coefficient (Wildman–Crippen LogP) is 1.16. The van der Waals surface area contributed by atoms with Crippen LogP contribution >= 0.6 is 0 Å². The van der Waals surface area contributed by atoms with Crippen molar-refractivity contribution in [1.29, 1.82) is 0 Å². The summed E-state index contributed by atoms with van der Waals surface area (Å²) in [5, 5.41) is 5.86. The van der Waals surface area contributed by atoms with Crippen molar-refractivity contribution in [2.24, 2.45) is 0 Å². The summed E-state index contributed by atoms with van der Waals surface area (Å²) >= 11 is 0. The van der Waals surface area contributed by atoms with Gasteiger partial charge in [0.05, 0.1) is 26.4 Å². The summed E-state index contributed by atoms with van der Waals surface area (Å²) in [4.78, 5) is 11.0. The number of carbonyl (C=O) groups excluding carboxylic acids is 1. The van der Waals surface area contributed by atoms with Crippen LogP contribution < -0.4 is 10.6 Å². The second-order valence-electron chi connectivity index (χ2n) is 4.04. The van der Waals surface area contributed by atoms with Crippen molar-refractivity contribution in [2.75, 3.05) is 52.7 Å². The number of nitrogens with one attached hydrogen (secondary N) is 2. The molecule has 0 aromatic rings. The van der Waals surface area contributed by atoms with Crippen LogP contribution in [0.5, 0.6) is 0 Å². The summed E-state index contributed by atoms with van der Waals surface area (Å²) < 4.78 is 15.5. The van der Waals surface area contributed by atoms with Crippen LogP contribution in [0.25, 0.3) is 0 Å². The van der Waals surface area contributed by atoms with Crippen LogP contribution in [0.2, 0.25) is 0 Å². The Morgan fingerprint density at radius 1 is 0.842 bits per heavy atom. The highest BCUT2D eigenvalue weighted by atomic mass is 16.6. The van der Waals surface area contributed by atoms with E-state index in [0.717, 1.165) is 25.9 Å². The van der Waals surface area contributed by atoms with Gasteiger partial charge in [-0.1, -0.05) is 13.8 Å². The predicted molar refractivity (Wildman–Crippen MR) is 74.4 cm³/mol. The van der Waals surface area contributed by atoms with E-state index >= 15 is 0 Å². The maximum Gasteiger partial charge on any atom is 0.407 e. The molecule has 0 bridgehead atoms. The van der Waals surface area contributed by atoms with E-state index in [1.165, 1.54) is 0 Å². The van der Waals surface area contributed by atoms with Crippen LogP contribution in [0.1, 0.15) is 26.7 Å². The Bertz CT molecular complexity index is 203. The van der Waals surface area contributed by atoms with E-state index in [-0.39, 0.29) is 12.7 Å². The number of rotatable bonds is 13. The number of amides is 1. The molecular formula is C13H28N2O4. The average Bonchev–Trinajstić information content (AvgIpc) is 2.42. The molecule has 0 saturated carbocycles. The highest BCUT2D eigenvalue weighted by Gasteiger charge is 1.99. The van der Waals surface area contributed by atoms with Crippen molar-refractivity contribution in [2.45, 2.75) is 26.7 Å². The van der Waals surface area contributed by atoms with Gasteiger partial charge in [0.25, 0.3) is 0 Å². The molecule has 0 fully saturated rings. The number of ether oxygens (including phenoxy) is 3. The van der Waals surface area contributed by atoms with Crippen molar-refractivity contribution < 1.29 is 19.0 Å². The summed E-state index contributed by atoms with van der Waals surface area (Å²) in [7, 11) is 0. The van der Waals surface area contributed by atoms with Gasteiger partial charge in [0, 0.05) is 13.1 Å². The second kappa shape index (κ2) is 15.2. The molecule has 0 saturated heterocycles. The average molecular weight is 276 g/mol. The molecule has 0 aliphatic rings. The lowest BCUT2D eigenvalue weighted by molar-refractivity contribution is 0.0289. The van der Waals surface area contributed by atoms with Gasteiger partial charge in [-0.15, -0.1) is 0 Å². The number of hydrogen-bond donors (Lipinski definition) is 2. The topological polar surface area (TPSA) is 68.8 Å². The Morgan fingerprint density at radius 3 is 2.16 bits per heavy atom. The van der Waals surface area contributed by atoms with Gasteiger partial charge in [0.15, 0.2) is 0 Å². The summed E-state index contributed by atoms with van der Waals surface area (Å²) in [5.41, 5.74) is 0. The van der Waals surface area contributed by atoms with Crippen molar-refractivity contribution in [1.82, 2.24) is 10.6 Å². The van der Waals surface area contributed by atoms with E-state index in [1.54, 1.807) is 0 Å². The Labute approximate surface area is 116 Å². The minimum Gasteiger partial charge on any atom is -0.447 e. The lowest BCUT2D eigenvalue weighted by Crippen LogP contribution is -2.26. The minimum absolute atomic E-state index is 0.271. The largest absolute Gasteiger partial charge is 0.447 e. The summed E-state index contributed by atoms with van der Waals surface area (Å²) in [6, 6.07) is 0. The molecule has 1 amide bonds. The molecule has 19 heavy (non-hydrogen) atoms. The smallest absolute Gasteiger partial charge is 0.407 e. The van der Waals surface area contributed by atoms with Gasteiger partial charge in [-0.2, -0.15) is 0 Å². The minimum atomic E-state index is -0.385. The van der Waals surface area contributed by atoms with Crippen LogP contribution in [0.4, 0.5) is 4.79 Å². The Morgan fingerprint density at radius 2 is 1.47 bits per heavy atom. The third-order valence-corrected chi connectivity index (χ3v) is 2.20. The third-order valence-electron chi connectivity index (χ3n) is 2.20. The molecule has 114 valence electrons. The molecule has 0 atom stereocenters. The Balaban J connectivity index is 3.04. The summed E-state index contributed by atoms with van der Waals surface area (Å²) in [5.74, 6) is 0. The zero-order valence-corrected chi connectivity index (χ0v) is 12.2. The molecule has 0 rings (SSSR count). The number of hydrogen-bond acceptors (Lipinski definition) is 5. The first-order valence-corrected chi connectivity index (χ1v) is 7.08. The van der Waals surface area contributed by atoms with Crippen molar-refractivity contribution >= 4 is 6.09 Å². The fourth-order valence-corrected chi connectivity index (χ4v) is 1.24. The molecule has 0 aromatic heterocycles. The standard InChI is InChI=1S/C13H28N2O4/c1-3-5-14-7-8-17-9-10-18-11-12-19-13(16)15-6-4-2/h14H,3-12H2,1-2H3,(H,15,16). The van der Waals surface area contributed by atoms with Gasteiger partial charge < -0.3 is 24.8 Å². The second-order valence-corrected chi connectivity index (χ2v) is 4.04. The van der Waals surface area contributed by atoms with Gasteiger partial charge in [0.2, 0.25) is 0 Å². The van der Waals surface area contributed by atoms with E-state index in [2.05, 4.69) is 17.6 Å². The molecule has 6 nitrogen and oxygen atoms in total. The maximum absolute atomic E-state index is 11.0. The molecule has 0 aliphatic carbocycles. The molecule has 0 unspecified atom stereocenters. The fourth-order valence-electron chi connectivity index (χ4n) is 1.24. The van der Waals surface area contributed by atoms with E-state index in [9.17, 15) is 4.79 Å². The zero-order valence-electron chi connectivity index (χ0n) is 12.2. The van der Waals surface area contributed by atoms with Gasteiger partial charge >= 0.3 is 6.09 Å². The molecule has 2 N–H and O–H groups in total. The lowest BCUT2D eigenvalue weighted by Gasteiger charge is -2.08. The van der Waals surface area contributed by atoms with Crippen LogP contribution in [0.15, 0.2) is 0 Å². The quantitative estimate of drug-likeness (QED) is 0.494. The monoisotopic (exact) mass is 276 g/mol. The van der Waals surface area contributed by atoms with E-state index < -0.39 is 0 Å². The normalized spacial score (nSPS) is 10.4. The number of carbonyl (C=O) groups is 1. The van der Waals surface area contributed by atoms with Gasteiger partial charge in [-0.25, -0.2) is 4.79 Å². The molecule has 0 aromatic carbocycles. The summed E-state index contributed by atoms with van der Waals surface area (Å²) in [6.07, 6.45) is 1.65. The SMILES string of the molecule is CCCNCCOCCOCCOC(=O)NCCC. The summed E-state index contributed by atoms with van der Waals surface area (Å²) in [6.45, 7) is 9.10. The van der Waals surface area contributed by atoms with Crippen molar-refractivity contribution in [3.05, 3.63) is 0 Å². The first-order chi connectivity index (χ1) is 9.31. The highest BCUT2D eigenvalue weighted by Crippen LogP contribution is 1.83. The van der Waals surface area contributed by atoms with Crippen molar-refractivity contribution in [3.63, 3.8) is 0 Å². The highest BCUT2D eigenvalue weighted by molar-refractivity contribution is 5.66. The fraction of sp³-hybridized carbons (Fsp3) is 0.923. The maximum atomic E-state index is 11.0.